The van der Waals surface area contributed by atoms with Crippen LogP contribution in [0.25, 0.3) is 6.08 Å². The molecule has 148 valence electrons. The van der Waals surface area contributed by atoms with E-state index in [2.05, 4.69) is 0 Å². The molecule has 0 N–H and O–H groups in total. The third-order valence-corrected chi connectivity index (χ3v) is 4.14. The molecule has 2 aromatic carbocycles. The number of furan rings is 1. The summed E-state index contributed by atoms with van der Waals surface area (Å²) in [5, 5.41) is 0. The van der Waals surface area contributed by atoms with Crippen LogP contribution in [0.15, 0.2) is 46.8 Å². The number of allylic oxidation sites excluding steroid dienone is 1. The fourth-order valence-corrected chi connectivity index (χ4v) is 2.69. The van der Waals surface area contributed by atoms with Crippen LogP contribution in [0.1, 0.15) is 21.7 Å². The van der Waals surface area contributed by atoms with Crippen LogP contribution in [0.5, 0.6) is 11.5 Å². The summed E-state index contributed by atoms with van der Waals surface area (Å²) in [4.78, 5) is 12.3. The maximum absolute atomic E-state index is 13.7. The van der Waals surface area contributed by atoms with Crippen LogP contribution in [0.2, 0.25) is 0 Å². The minimum Gasteiger partial charge on any atom is -0.489 e. The molecule has 0 amide bonds. The molecule has 9 heteroatoms. The van der Waals surface area contributed by atoms with Crippen molar-refractivity contribution in [1.29, 1.82) is 0 Å². The molecule has 3 aromatic rings. The lowest BCUT2D eigenvalue weighted by molar-refractivity contribution is 0.101. The van der Waals surface area contributed by atoms with Crippen molar-refractivity contribution in [3.8, 4) is 11.5 Å². The van der Waals surface area contributed by atoms with Crippen LogP contribution in [-0.4, -0.2) is 5.78 Å². The minimum atomic E-state index is -2.25. The van der Waals surface area contributed by atoms with E-state index in [9.17, 15) is 26.7 Å². The molecule has 4 nitrogen and oxygen atoms in total. The van der Waals surface area contributed by atoms with E-state index in [1.807, 2.05) is 0 Å². The Morgan fingerprint density at radius 1 is 0.931 bits per heavy atom. The summed E-state index contributed by atoms with van der Waals surface area (Å²) < 4.78 is 82.7. The van der Waals surface area contributed by atoms with Gasteiger partial charge in [0.15, 0.2) is 29.0 Å². The number of ether oxygens (including phenoxy) is 2. The molecular formula is C20H9F5O4. The molecule has 2 heterocycles. The Morgan fingerprint density at radius 2 is 1.62 bits per heavy atom. The number of carbonyl (C=O) groups is 1. The quantitative estimate of drug-likeness (QED) is 0.259. The first kappa shape index (κ1) is 18.7. The number of rotatable bonds is 4. The average Bonchev–Trinajstić information content (AvgIpc) is 3.33. The topological polar surface area (TPSA) is 48.7 Å². The van der Waals surface area contributed by atoms with E-state index in [4.69, 9.17) is 13.9 Å². The molecule has 0 bridgehead atoms. The number of ketones is 1. The Morgan fingerprint density at radius 3 is 2.28 bits per heavy atom. The maximum Gasteiger partial charge on any atom is 0.232 e. The zero-order valence-corrected chi connectivity index (χ0v) is 14.3. The Labute approximate surface area is 159 Å². The Hall–Kier alpha value is -3.62. The van der Waals surface area contributed by atoms with E-state index < -0.39 is 47.0 Å². The van der Waals surface area contributed by atoms with E-state index >= 15 is 0 Å². The molecule has 4 rings (SSSR count). The number of hydrogen-bond acceptors (Lipinski definition) is 4. The molecule has 0 saturated heterocycles. The van der Waals surface area contributed by atoms with Crippen molar-refractivity contribution in [2.45, 2.75) is 6.61 Å². The number of Topliss-reactive ketones (excluding diaryl/α,β-unsaturated/α-hetero) is 1. The lowest BCUT2D eigenvalue weighted by atomic mass is 10.1. The van der Waals surface area contributed by atoms with Gasteiger partial charge in [-0.2, -0.15) is 0 Å². The molecular weight excluding hydrogens is 399 g/mol. The number of halogens is 5. The molecule has 0 aliphatic carbocycles. The SMILES string of the molecule is O=C1/C(=C\c2ccco2)Oc2cc(OCc3c(F)c(F)c(F)c(F)c3F)ccc21. The number of carbonyl (C=O) groups excluding carboxylic acids is 1. The number of fused-ring (bicyclic) bond motifs is 1. The number of hydrogen-bond donors (Lipinski definition) is 0. The van der Waals surface area contributed by atoms with Crippen LogP contribution in [0.3, 0.4) is 0 Å². The molecule has 0 atom stereocenters. The fraction of sp³-hybridized carbons (Fsp3) is 0.0500. The van der Waals surface area contributed by atoms with Crippen LogP contribution >= 0.6 is 0 Å². The Balaban J connectivity index is 1.56. The Bertz CT molecular complexity index is 1120. The van der Waals surface area contributed by atoms with Crippen molar-refractivity contribution < 1.29 is 40.6 Å². The van der Waals surface area contributed by atoms with Gasteiger partial charge in [-0.3, -0.25) is 4.79 Å². The van der Waals surface area contributed by atoms with E-state index in [0.29, 0.717) is 5.76 Å². The summed E-state index contributed by atoms with van der Waals surface area (Å²) in [5.74, 6) is -10.2. The molecule has 0 fully saturated rings. The fourth-order valence-electron chi connectivity index (χ4n) is 2.69. The summed E-state index contributed by atoms with van der Waals surface area (Å²) in [5.41, 5.74) is -0.899. The first-order valence-electron chi connectivity index (χ1n) is 8.11. The highest BCUT2D eigenvalue weighted by atomic mass is 19.2. The van der Waals surface area contributed by atoms with Crippen molar-refractivity contribution in [2.24, 2.45) is 0 Å². The second-order valence-corrected chi connectivity index (χ2v) is 5.95. The lowest BCUT2D eigenvalue weighted by Gasteiger charge is -2.10. The predicted molar refractivity (Wildman–Crippen MR) is 88.6 cm³/mol. The maximum atomic E-state index is 13.7. The van der Waals surface area contributed by atoms with Gasteiger partial charge in [0, 0.05) is 12.1 Å². The highest BCUT2D eigenvalue weighted by Gasteiger charge is 2.29. The standard InChI is InChI=1S/C20H9F5O4/c21-15-12(16(22)18(24)19(25)17(15)23)8-28-10-3-4-11-13(6-10)29-14(20(11)26)7-9-2-1-5-27-9/h1-7H,8H2/b14-7+. The highest BCUT2D eigenvalue weighted by Crippen LogP contribution is 2.35. The largest absolute Gasteiger partial charge is 0.489 e. The number of benzene rings is 2. The first-order chi connectivity index (χ1) is 13.9. The summed E-state index contributed by atoms with van der Waals surface area (Å²) in [6.45, 7) is -0.923. The first-order valence-corrected chi connectivity index (χ1v) is 8.11. The van der Waals surface area contributed by atoms with Gasteiger partial charge in [0.25, 0.3) is 0 Å². The van der Waals surface area contributed by atoms with Crippen molar-refractivity contribution >= 4 is 11.9 Å². The molecule has 1 aliphatic rings. The second kappa shape index (κ2) is 7.08. The summed E-state index contributed by atoms with van der Waals surface area (Å²) in [7, 11) is 0. The minimum absolute atomic E-state index is 0.000241. The monoisotopic (exact) mass is 408 g/mol. The van der Waals surface area contributed by atoms with Crippen LogP contribution in [0.4, 0.5) is 22.0 Å². The summed E-state index contributed by atoms with van der Waals surface area (Å²) in [6, 6.07) is 7.17. The van der Waals surface area contributed by atoms with E-state index in [-0.39, 0.29) is 22.8 Å². The zero-order chi connectivity index (χ0) is 20.7. The molecule has 1 aliphatic heterocycles. The molecule has 1 aromatic heterocycles. The summed E-state index contributed by atoms with van der Waals surface area (Å²) in [6.07, 6.45) is 2.81. The predicted octanol–water partition coefficient (Wildman–Crippen LogP) is 5.17. The van der Waals surface area contributed by atoms with Crippen LogP contribution in [-0.2, 0) is 6.61 Å². The lowest BCUT2D eigenvalue weighted by Crippen LogP contribution is -2.09. The van der Waals surface area contributed by atoms with Crippen LogP contribution < -0.4 is 9.47 Å². The Kier molecular flexibility index (Phi) is 4.57. The van der Waals surface area contributed by atoms with Crippen molar-refractivity contribution in [3.63, 3.8) is 0 Å². The van der Waals surface area contributed by atoms with Gasteiger partial charge >= 0.3 is 0 Å². The van der Waals surface area contributed by atoms with Crippen molar-refractivity contribution in [2.75, 3.05) is 0 Å². The third-order valence-electron chi connectivity index (χ3n) is 4.14. The van der Waals surface area contributed by atoms with Gasteiger partial charge in [-0.05, 0) is 24.3 Å². The zero-order valence-electron chi connectivity index (χ0n) is 14.3. The summed E-state index contributed by atoms with van der Waals surface area (Å²) >= 11 is 0. The molecule has 0 unspecified atom stereocenters. The van der Waals surface area contributed by atoms with E-state index in [1.165, 1.54) is 30.5 Å². The van der Waals surface area contributed by atoms with Gasteiger partial charge in [-0.1, -0.05) is 0 Å². The smallest absolute Gasteiger partial charge is 0.232 e. The van der Waals surface area contributed by atoms with Gasteiger partial charge < -0.3 is 13.9 Å². The van der Waals surface area contributed by atoms with Crippen LogP contribution in [0, 0.1) is 29.1 Å². The third kappa shape index (κ3) is 3.24. The normalized spacial score (nSPS) is 14.2. The van der Waals surface area contributed by atoms with Gasteiger partial charge in [-0.15, -0.1) is 0 Å². The second-order valence-electron chi connectivity index (χ2n) is 5.95. The van der Waals surface area contributed by atoms with E-state index in [1.54, 1.807) is 12.1 Å². The molecule has 0 saturated carbocycles. The van der Waals surface area contributed by atoms with E-state index in [0.717, 1.165) is 0 Å². The van der Waals surface area contributed by atoms with Gasteiger partial charge in [0.05, 0.1) is 17.4 Å². The van der Waals surface area contributed by atoms with Crippen molar-refractivity contribution in [3.05, 3.63) is 88.3 Å². The molecule has 0 spiro atoms. The highest BCUT2D eigenvalue weighted by molar-refractivity contribution is 6.14. The molecule has 29 heavy (non-hydrogen) atoms. The van der Waals surface area contributed by atoms with Crippen molar-refractivity contribution in [1.82, 2.24) is 0 Å². The van der Waals surface area contributed by atoms with Gasteiger partial charge in [-0.25, -0.2) is 22.0 Å². The molecule has 0 radical (unpaired) electrons. The van der Waals surface area contributed by atoms with Gasteiger partial charge in [0.1, 0.15) is 23.9 Å². The van der Waals surface area contributed by atoms with Gasteiger partial charge in [0.2, 0.25) is 11.6 Å². The average molecular weight is 408 g/mol.